The number of rotatable bonds is 1. The van der Waals surface area contributed by atoms with Gasteiger partial charge in [-0.15, -0.1) is 11.6 Å². The summed E-state index contributed by atoms with van der Waals surface area (Å²) in [5, 5.41) is 0. The van der Waals surface area contributed by atoms with E-state index in [9.17, 15) is 0 Å². The second-order valence-electron chi connectivity index (χ2n) is 5.76. The molecule has 0 amide bonds. The Morgan fingerprint density at radius 3 is 2.23 bits per heavy atom. The minimum atomic E-state index is 0.0239. The molecule has 0 aromatic carbocycles. The summed E-state index contributed by atoms with van der Waals surface area (Å²) >= 11 is 5.93. The molecule has 0 bridgehead atoms. The second kappa shape index (κ2) is 2.43. The van der Waals surface area contributed by atoms with E-state index in [0.717, 1.165) is 5.88 Å². The monoisotopic (exact) mass is 202 g/mol. The topological polar surface area (TPSA) is 9.23 Å². The van der Waals surface area contributed by atoms with Crippen LogP contribution in [0.4, 0.5) is 0 Å². The van der Waals surface area contributed by atoms with Crippen molar-refractivity contribution in [3.05, 3.63) is 0 Å². The van der Waals surface area contributed by atoms with E-state index in [0.29, 0.717) is 11.3 Å². The molecule has 0 aromatic rings. The van der Waals surface area contributed by atoms with Gasteiger partial charge in [0.1, 0.15) is 0 Å². The first-order chi connectivity index (χ1) is 5.83. The third-order valence-electron chi connectivity index (χ3n) is 3.89. The summed E-state index contributed by atoms with van der Waals surface area (Å²) in [6.07, 6.45) is 2.43. The molecular weight excluding hydrogens is 184 g/mol. The van der Waals surface area contributed by atoms with Crippen molar-refractivity contribution in [2.45, 2.75) is 51.7 Å². The van der Waals surface area contributed by atoms with E-state index in [-0.39, 0.29) is 11.2 Å². The zero-order valence-corrected chi connectivity index (χ0v) is 9.74. The maximum Gasteiger partial charge on any atom is 0.0693 e. The van der Waals surface area contributed by atoms with E-state index in [2.05, 4.69) is 27.7 Å². The number of hydrogen-bond acceptors (Lipinski definition) is 1. The molecule has 0 N–H and O–H groups in total. The minimum absolute atomic E-state index is 0.0239. The Morgan fingerprint density at radius 1 is 1.31 bits per heavy atom. The van der Waals surface area contributed by atoms with Crippen molar-refractivity contribution in [1.29, 1.82) is 0 Å². The Labute approximate surface area is 85.8 Å². The number of halogens is 1. The van der Waals surface area contributed by atoms with Gasteiger partial charge in [-0.25, -0.2) is 0 Å². The third-order valence-corrected chi connectivity index (χ3v) is 4.26. The maximum atomic E-state index is 6.09. The highest BCUT2D eigenvalue weighted by Crippen LogP contribution is 2.69. The Balaban J connectivity index is 2.23. The van der Waals surface area contributed by atoms with E-state index in [1.165, 1.54) is 12.8 Å². The van der Waals surface area contributed by atoms with Crippen LogP contribution in [0.5, 0.6) is 0 Å². The Bertz CT molecular complexity index is 234. The predicted molar refractivity (Wildman–Crippen MR) is 55.1 cm³/mol. The van der Waals surface area contributed by atoms with Crippen LogP contribution >= 0.6 is 11.6 Å². The normalized spacial score (nSPS) is 45.5. The zero-order valence-electron chi connectivity index (χ0n) is 8.98. The van der Waals surface area contributed by atoms with Gasteiger partial charge in [0.2, 0.25) is 0 Å². The molecule has 2 unspecified atom stereocenters. The molecule has 1 aliphatic carbocycles. The summed E-state index contributed by atoms with van der Waals surface area (Å²) in [7, 11) is 0. The molecule has 0 aromatic heterocycles. The summed E-state index contributed by atoms with van der Waals surface area (Å²) in [4.78, 5) is 0. The van der Waals surface area contributed by atoms with Crippen molar-refractivity contribution in [1.82, 2.24) is 0 Å². The van der Waals surface area contributed by atoms with Crippen LogP contribution in [-0.4, -0.2) is 17.1 Å². The fourth-order valence-corrected chi connectivity index (χ4v) is 3.74. The molecule has 2 aliphatic rings. The van der Waals surface area contributed by atoms with Gasteiger partial charge in [-0.2, -0.15) is 0 Å². The van der Waals surface area contributed by atoms with E-state index >= 15 is 0 Å². The largest absolute Gasteiger partial charge is 0.369 e. The zero-order chi connectivity index (χ0) is 9.91. The first-order valence-electron chi connectivity index (χ1n) is 5.09. The first-order valence-corrected chi connectivity index (χ1v) is 5.63. The highest BCUT2D eigenvalue weighted by Gasteiger charge is 2.69. The average Bonchev–Trinajstić information content (AvgIpc) is 2.55. The molecule has 1 aliphatic heterocycles. The molecule has 1 saturated heterocycles. The molecule has 13 heavy (non-hydrogen) atoms. The summed E-state index contributed by atoms with van der Waals surface area (Å²) in [6, 6.07) is 0. The molecule has 76 valence electrons. The van der Waals surface area contributed by atoms with Crippen molar-refractivity contribution in [3.63, 3.8) is 0 Å². The lowest BCUT2D eigenvalue weighted by Gasteiger charge is -2.28. The van der Waals surface area contributed by atoms with Crippen molar-refractivity contribution in [2.75, 3.05) is 5.88 Å². The van der Waals surface area contributed by atoms with Gasteiger partial charge in [0.15, 0.2) is 0 Å². The van der Waals surface area contributed by atoms with E-state index in [4.69, 9.17) is 16.3 Å². The Kier molecular flexibility index (Phi) is 1.83. The predicted octanol–water partition coefficient (Wildman–Crippen LogP) is 3.21. The fourth-order valence-electron chi connectivity index (χ4n) is 3.34. The van der Waals surface area contributed by atoms with Crippen LogP contribution in [0.2, 0.25) is 0 Å². The SMILES string of the molecule is CC1(C)CC2(CC2CCl)C(C)(C)O1. The van der Waals surface area contributed by atoms with Gasteiger partial charge < -0.3 is 4.74 Å². The number of alkyl halides is 1. The lowest BCUT2D eigenvalue weighted by Crippen LogP contribution is -2.31. The highest BCUT2D eigenvalue weighted by atomic mass is 35.5. The summed E-state index contributed by atoms with van der Waals surface area (Å²) in [6.45, 7) is 8.81. The van der Waals surface area contributed by atoms with Crippen molar-refractivity contribution in [3.8, 4) is 0 Å². The van der Waals surface area contributed by atoms with Gasteiger partial charge in [0, 0.05) is 11.3 Å². The van der Waals surface area contributed by atoms with Gasteiger partial charge in [-0.3, -0.25) is 0 Å². The van der Waals surface area contributed by atoms with Crippen LogP contribution < -0.4 is 0 Å². The number of ether oxygens (including phenoxy) is 1. The van der Waals surface area contributed by atoms with Gasteiger partial charge >= 0.3 is 0 Å². The summed E-state index contributed by atoms with van der Waals surface area (Å²) in [5.41, 5.74) is 0.457. The van der Waals surface area contributed by atoms with Crippen molar-refractivity contribution < 1.29 is 4.74 Å². The second-order valence-corrected chi connectivity index (χ2v) is 6.07. The quantitative estimate of drug-likeness (QED) is 0.594. The van der Waals surface area contributed by atoms with Gasteiger partial charge in [-0.05, 0) is 46.5 Å². The Hall–Kier alpha value is 0.250. The van der Waals surface area contributed by atoms with Crippen LogP contribution in [0.3, 0.4) is 0 Å². The third kappa shape index (κ3) is 1.24. The van der Waals surface area contributed by atoms with Crippen LogP contribution in [0.25, 0.3) is 0 Å². The molecular formula is C11H19ClO. The number of hydrogen-bond donors (Lipinski definition) is 0. The first kappa shape index (κ1) is 9.79. The standard InChI is InChI=1S/C11H19ClO/c1-9(2)7-11(5-8(11)6-12)10(3,4)13-9/h8H,5-7H2,1-4H3. The van der Waals surface area contributed by atoms with Crippen LogP contribution in [0.1, 0.15) is 40.5 Å². The van der Waals surface area contributed by atoms with Crippen LogP contribution in [-0.2, 0) is 4.74 Å². The van der Waals surface area contributed by atoms with Crippen molar-refractivity contribution >= 4 is 11.6 Å². The lowest BCUT2D eigenvalue weighted by atomic mass is 9.82. The van der Waals surface area contributed by atoms with Gasteiger partial charge in [-0.1, -0.05) is 0 Å². The molecule has 0 radical (unpaired) electrons. The van der Waals surface area contributed by atoms with Crippen LogP contribution in [0.15, 0.2) is 0 Å². The molecule has 2 fully saturated rings. The van der Waals surface area contributed by atoms with Gasteiger partial charge in [0.05, 0.1) is 11.2 Å². The molecule has 2 atom stereocenters. The van der Waals surface area contributed by atoms with Crippen LogP contribution in [0, 0.1) is 11.3 Å². The maximum absolute atomic E-state index is 6.09. The molecule has 1 saturated carbocycles. The fraction of sp³-hybridized carbons (Fsp3) is 1.00. The smallest absolute Gasteiger partial charge is 0.0693 e. The molecule has 2 heteroatoms. The molecule has 1 nitrogen and oxygen atoms in total. The lowest BCUT2D eigenvalue weighted by molar-refractivity contribution is -0.0795. The minimum Gasteiger partial charge on any atom is -0.369 e. The highest BCUT2D eigenvalue weighted by molar-refractivity contribution is 6.18. The molecule has 1 spiro atoms. The van der Waals surface area contributed by atoms with Crippen molar-refractivity contribution in [2.24, 2.45) is 11.3 Å². The van der Waals surface area contributed by atoms with E-state index in [1.54, 1.807) is 0 Å². The summed E-state index contributed by atoms with van der Waals surface area (Å²) < 4.78 is 6.09. The Morgan fingerprint density at radius 2 is 1.92 bits per heavy atom. The summed E-state index contributed by atoms with van der Waals surface area (Å²) in [5.74, 6) is 1.48. The van der Waals surface area contributed by atoms with E-state index in [1.807, 2.05) is 0 Å². The van der Waals surface area contributed by atoms with E-state index < -0.39 is 0 Å². The molecule has 1 heterocycles. The molecule has 2 rings (SSSR count). The average molecular weight is 203 g/mol. The van der Waals surface area contributed by atoms with Gasteiger partial charge in [0.25, 0.3) is 0 Å².